The summed E-state index contributed by atoms with van der Waals surface area (Å²) in [5, 5.41) is 10.1. The topological polar surface area (TPSA) is 130 Å². The maximum absolute atomic E-state index is 14.5. The van der Waals surface area contributed by atoms with Gasteiger partial charge in [0, 0.05) is 0 Å². The summed E-state index contributed by atoms with van der Waals surface area (Å²) in [6.07, 6.45) is 0.590. The van der Waals surface area contributed by atoms with Gasteiger partial charge in [-0.15, -0.1) is 0 Å². The van der Waals surface area contributed by atoms with Crippen molar-refractivity contribution in [3.8, 4) is 23.3 Å². The van der Waals surface area contributed by atoms with Crippen molar-refractivity contribution in [2.75, 3.05) is 39.6 Å². The van der Waals surface area contributed by atoms with Crippen molar-refractivity contribution >= 4 is 17.9 Å². The molecule has 0 heterocycles. The lowest BCUT2D eigenvalue weighted by Gasteiger charge is -2.52. The molecule has 0 saturated heterocycles. The Morgan fingerprint density at radius 2 is 0.893 bits per heavy atom. The van der Waals surface area contributed by atoms with Crippen LogP contribution in [-0.2, 0) is 28.6 Å². The Kier molecular flexibility index (Phi) is 16.4. The number of para-hydroxylation sites is 3. The highest BCUT2D eigenvalue weighted by molar-refractivity contribution is 5.80. The second kappa shape index (κ2) is 20.2. The van der Waals surface area contributed by atoms with Crippen LogP contribution in [-0.4, -0.2) is 57.5 Å². The summed E-state index contributed by atoms with van der Waals surface area (Å²) in [4.78, 5) is 42.0. The fourth-order valence-corrected chi connectivity index (χ4v) is 7.15. The zero-order chi connectivity index (χ0) is 41.5. The third-order valence-electron chi connectivity index (χ3n) is 11.0. The first-order valence-corrected chi connectivity index (χ1v) is 19.3. The maximum Gasteiger partial charge on any atom is 0.312 e. The van der Waals surface area contributed by atoms with E-state index in [2.05, 4.69) is 6.07 Å². The van der Waals surface area contributed by atoms with Crippen molar-refractivity contribution in [3.05, 3.63) is 91.0 Å². The second-order valence-corrected chi connectivity index (χ2v) is 16.8. The van der Waals surface area contributed by atoms with Crippen LogP contribution in [0.4, 0.5) is 0 Å². The molecule has 0 aliphatic heterocycles. The molecule has 0 aliphatic rings. The number of rotatable bonds is 23. The molecule has 0 fully saturated rings. The normalized spacial score (nSPS) is 14.5. The molecule has 3 rings (SSSR count). The molecule has 10 heteroatoms. The van der Waals surface area contributed by atoms with Crippen LogP contribution in [0, 0.1) is 44.3 Å². The largest absolute Gasteiger partial charge is 0.490 e. The fourth-order valence-electron chi connectivity index (χ4n) is 7.15. The highest BCUT2D eigenvalue weighted by Gasteiger charge is 2.58. The summed E-state index contributed by atoms with van der Waals surface area (Å²) in [5.41, 5.74) is -5.20. The first kappa shape index (κ1) is 45.4. The highest BCUT2D eigenvalue weighted by Crippen LogP contribution is 2.58. The summed E-state index contributed by atoms with van der Waals surface area (Å²) in [7, 11) is 0. The molecule has 0 aliphatic carbocycles. The van der Waals surface area contributed by atoms with E-state index in [9.17, 15) is 19.6 Å². The molecule has 3 atom stereocenters. The molecular weight excluding hydrogens is 711 g/mol. The van der Waals surface area contributed by atoms with Gasteiger partial charge in [-0.2, -0.15) is 5.26 Å². The Bertz CT molecular complexity index is 1720. The molecule has 3 unspecified atom stereocenters. The van der Waals surface area contributed by atoms with E-state index in [1.54, 1.807) is 27.7 Å². The molecular formula is C46H61NO9. The molecule has 3 aromatic carbocycles. The zero-order valence-electron chi connectivity index (χ0n) is 34.7. The standard InChI is InChI=1S/C46H61NO9/c1-35(39(48)54-28-25-51-36-19-13-10-14-20-36)31-43(4,5)46(9,41(50)56-30-27-53-38-23-17-12-18-24-38)33-44(6,7)45(8,32-42(2,3)34-47)40(49)55-29-26-52-37-21-15-11-16-22-37/h10-24,35H,25-33H2,1-9H3. The van der Waals surface area contributed by atoms with E-state index >= 15 is 0 Å². The van der Waals surface area contributed by atoms with Gasteiger partial charge in [-0.25, -0.2) is 0 Å². The molecule has 56 heavy (non-hydrogen) atoms. The summed E-state index contributed by atoms with van der Waals surface area (Å²) in [6, 6.07) is 30.1. The van der Waals surface area contributed by atoms with E-state index in [1.807, 2.05) is 126 Å². The average Bonchev–Trinajstić information content (AvgIpc) is 3.17. The quantitative estimate of drug-likeness (QED) is 0.0522. The minimum absolute atomic E-state index is 0.00535. The Hall–Kier alpha value is -5.04. The lowest BCUT2D eigenvalue weighted by molar-refractivity contribution is -0.180. The van der Waals surface area contributed by atoms with E-state index in [4.69, 9.17) is 28.4 Å². The number of benzene rings is 3. The predicted octanol–water partition coefficient (Wildman–Crippen LogP) is 9.27. The number of carbonyl (C=O) groups excluding carboxylic acids is 3. The number of carbonyl (C=O) groups is 3. The minimum atomic E-state index is -1.25. The van der Waals surface area contributed by atoms with Crippen molar-refractivity contribution in [3.63, 3.8) is 0 Å². The maximum atomic E-state index is 14.5. The average molecular weight is 772 g/mol. The van der Waals surface area contributed by atoms with E-state index in [1.165, 1.54) is 0 Å². The van der Waals surface area contributed by atoms with Crippen LogP contribution in [0.5, 0.6) is 17.2 Å². The molecule has 0 bridgehead atoms. The van der Waals surface area contributed by atoms with Gasteiger partial charge in [0.2, 0.25) is 0 Å². The monoisotopic (exact) mass is 771 g/mol. The van der Waals surface area contributed by atoms with Crippen LogP contribution in [0.1, 0.15) is 81.6 Å². The number of nitriles is 1. The lowest BCUT2D eigenvalue weighted by Crippen LogP contribution is -2.53. The van der Waals surface area contributed by atoms with Crippen molar-refractivity contribution in [1.29, 1.82) is 5.26 Å². The Morgan fingerprint density at radius 3 is 1.27 bits per heavy atom. The lowest BCUT2D eigenvalue weighted by atomic mass is 9.51. The fraction of sp³-hybridized carbons (Fsp3) is 0.522. The number of nitrogens with zero attached hydrogens (tertiary/aromatic N) is 1. The van der Waals surface area contributed by atoms with Crippen LogP contribution < -0.4 is 14.2 Å². The number of ether oxygens (including phenoxy) is 6. The molecule has 0 spiro atoms. The van der Waals surface area contributed by atoms with Gasteiger partial charge in [0.05, 0.1) is 28.2 Å². The summed E-state index contributed by atoms with van der Waals surface area (Å²) >= 11 is 0. The first-order chi connectivity index (χ1) is 26.4. The van der Waals surface area contributed by atoms with Crippen molar-refractivity contribution in [2.45, 2.75) is 81.6 Å². The number of hydrogen-bond donors (Lipinski definition) is 0. The molecule has 0 aromatic heterocycles. The van der Waals surface area contributed by atoms with Gasteiger partial charge in [-0.1, -0.05) is 89.2 Å². The number of esters is 3. The van der Waals surface area contributed by atoms with E-state index in [-0.39, 0.29) is 58.9 Å². The van der Waals surface area contributed by atoms with Gasteiger partial charge in [-0.3, -0.25) is 14.4 Å². The summed E-state index contributed by atoms with van der Waals surface area (Å²) < 4.78 is 34.7. The second-order valence-electron chi connectivity index (χ2n) is 16.8. The molecule has 10 nitrogen and oxygen atoms in total. The molecule has 0 amide bonds. The Labute approximate surface area is 333 Å². The van der Waals surface area contributed by atoms with Crippen molar-refractivity contribution in [1.82, 2.24) is 0 Å². The smallest absolute Gasteiger partial charge is 0.312 e. The van der Waals surface area contributed by atoms with E-state index in [0.29, 0.717) is 17.2 Å². The molecule has 304 valence electrons. The third kappa shape index (κ3) is 12.8. The zero-order valence-corrected chi connectivity index (χ0v) is 34.7. The van der Waals surface area contributed by atoms with Gasteiger partial charge in [0.1, 0.15) is 56.9 Å². The molecule has 0 radical (unpaired) electrons. The number of hydrogen-bond acceptors (Lipinski definition) is 10. The van der Waals surface area contributed by atoms with Crippen LogP contribution in [0.2, 0.25) is 0 Å². The van der Waals surface area contributed by atoms with Gasteiger partial charge < -0.3 is 28.4 Å². The third-order valence-corrected chi connectivity index (χ3v) is 11.0. The molecule has 0 saturated carbocycles. The molecule has 3 aromatic rings. The highest BCUT2D eigenvalue weighted by atomic mass is 16.6. The predicted molar refractivity (Wildman–Crippen MR) is 215 cm³/mol. The molecule has 0 N–H and O–H groups in total. The van der Waals surface area contributed by atoms with Gasteiger partial charge in [-0.05, 0) is 94.2 Å². The first-order valence-electron chi connectivity index (χ1n) is 19.3. The van der Waals surface area contributed by atoms with E-state index in [0.717, 1.165) is 0 Å². The van der Waals surface area contributed by atoms with Gasteiger partial charge in [0.15, 0.2) is 0 Å². The van der Waals surface area contributed by atoms with Gasteiger partial charge >= 0.3 is 17.9 Å². The van der Waals surface area contributed by atoms with Crippen LogP contribution in [0.25, 0.3) is 0 Å². The Balaban J connectivity index is 1.85. The van der Waals surface area contributed by atoms with E-state index < -0.39 is 50.9 Å². The Morgan fingerprint density at radius 1 is 0.536 bits per heavy atom. The van der Waals surface area contributed by atoms with Crippen LogP contribution in [0.3, 0.4) is 0 Å². The van der Waals surface area contributed by atoms with Gasteiger partial charge in [0.25, 0.3) is 0 Å². The van der Waals surface area contributed by atoms with Crippen LogP contribution >= 0.6 is 0 Å². The van der Waals surface area contributed by atoms with Crippen molar-refractivity contribution < 1.29 is 42.8 Å². The summed E-state index contributed by atoms with van der Waals surface area (Å²) in [5.74, 6) is -0.00462. The van der Waals surface area contributed by atoms with Crippen molar-refractivity contribution in [2.24, 2.45) is 33.0 Å². The van der Waals surface area contributed by atoms with Crippen LogP contribution in [0.15, 0.2) is 91.0 Å². The summed E-state index contributed by atoms with van der Waals surface area (Å²) in [6.45, 7) is 17.2. The SMILES string of the molecule is CC(CC(C)(C)C(C)(CC(C)(C)C(C)(CC(C)(C)C#N)C(=O)OCCOc1ccccc1)C(=O)OCCOc1ccccc1)C(=O)OCCOc1ccccc1. The minimum Gasteiger partial charge on any atom is -0.490 e.